The molecule has 13 heteroatoms. The van der Waals surface area contributed by atoms with E-state index in [1.165, 1.54) is 0 Å². The van der Waals surface area contributed by atoms with Gasteiger partial charge in [0.15, 0.2) is 0 Å². The van der Waals surface area contributed by atoms with Crippen molar-refractivity contribution in [3.05, 3.63) is 0 Å². The molecule has 1 radical (unpaired) electrons. The standard InChI is InChI=1S/2C2H4O5S.Cu/c2*3-2(4)1-8(5,6)7;/h2*1H2,(H,3,4)(H,5,6,7);/q;;+2/p-2. The maximum atomic E-state index is 9.58. The molecule has 0 amide bonds. The number of carbonyl (C=O) groups excluding carboxylic acids is 2. The Hall–Kier alpha value is -0.721. The number of carbonyl (C=O) groups is 2. The number of rotatable bonds is 4. The van der Waals surface area contributed by atoms with Gasteiger partial charge in [-0.1, -0.05) is 0 Å². The van der Waals surface area contributed by atoms with Crippen LogP contribution in [0.15, 0.2) is 0 Å². The molecule has 0 spiro atoms. The van der Waals surface area contributed by atoms with Crippen LogP contribution in [0.5, 0.6) is 0 Å². The zero-order valence-corrected chi connectivity index (χ0v) is 10.3. The van der Waals surface area contributed by atoms with Crippen molar-refractivity contribution in [2.24, 2.45) is 0 Å². The average molecular weight is 342 g/mol. The van der Waals surface area contributed by atoms with E-state index < -0.39 is 43.7 Å². The summed E-state index contributed by atoms with van der Waals surface area (Å²) in [4.78, 5) is 18.7. The smallest absolute Gasteiger partial charge is 0.549 e. The number of carboxylic acid groups (broad SMARTS) is 2. The molecule has 0 aromatic rings. The van der Waals surface area contributed by atoms with E-state index in [9.17, 15) is 36.6 Å². The van der Waals surface area contributed by atoms with Crippen LogP contribution in [0.4, 0.5) is 0 Å². The van der Waals surface area contributed by atoms with Gasteiger partial charge < -0.3 is 19.8 Å². The monoisotopic (exact) mass is 341 g/mol. The Labute approximate surface area is 107 Å². The summed E-state index contributed by atoms with van der Waals surface area (Å²) in [6.45, 7) is 0. The van der Waals surface area contributed by atoms with Crippen LogP contribution in [-0.4, -0.2) is 49.4 Å². The van der Waals surface area contributed by atoms with Crippen molar-refractivity contribution in [2.45, 2.75) is 0 Å². The number of hydrogen-bond acceptors (Lipinski definition) is 8. The Kier molecular flexibility index (Phi) is 10.6. The normalized spacial score (nSPS) is 10.5. The molecule has 17 heavy (non-hydrogen) atoms. The minimum absolute atomic E-state index is 0. The molecule has 0 bridgehead atoms. The molecule has 0 atom stereocenters. The van der Waals surface area contributed by atoms with Crippen molar-refractivity contribution in [2.75, 3.05) is 11.5 Å². The fraction of sp³-hybridized carbons (Fsp3) is 0.500. The molecule has 0 fully saturated rings. The third-order valence-corrected chi connectivity index (χ3v) is 1.80. The minimum atomic E-state index is -4.39. The Bertz CT molecular complexity index is 403. The quantitative estimate of drug-likeness (QED) is 0.370. The van der Waals surface area contributed by atoms with Crippen molar-refractivity contribution in [3.8, 4) is 0 Å². The van der Waals surface area contributed by atoms with Gasteiger partial charge in [0.1, 0.15) is 11.5 Å². The van der Waals surface area contributed by atoms with Gasteiger partial charge >= 0.3 is 17.1 Å². The van der Waals surface area contributed by atoms with E-state index >= 15 is 0 Å². The second-order valence-corrected chi connectivity index (χ2v) is 5.10. The Morgan fingerprint density at radius 2 is 1.00 bits per heavy atom. The maximum Gasteiger partial charge on any atom is 2.00 e. The molecule has 0 aliphatic heterocycles. The third kappa shape index (κ3) is 31.3. The largest absolute Gasteiger partial charge is 2.00 e. The van der Waals surface area contributed by atoms with E-state index in [0.717, 1.165) is 0 Å². The summed E-state index contributed by atoms with van der Waals surface area (Å²) in [5, 5.41) is 18.7. The van der Waals surface area contributed by atoms with Gasteiger partial charge in [0, 0.05) is 0 Å². The summed E-state index contributed by atoms with van der Waals surface area (Å²) in [7, 11) is -8.77. The van der Waals surface area contributed by atoms with E-state index in [2.05, 4.69) is 0 Å². The van der Waals surface area contributed by atoms with E-state index in [-0.39, 0.29) is 17.1 Å². The predicted molar refractivity (Wildman–Crippen MR) is 42.8 cm³/mol. The Morgan fingerprint density at radius 1 is 0.824 bits per heavy atom. The second kappa shape index (κ2) is 8.38. The van der Waals surface area contributed by atoms with Gasteiger partial charge in [-0.3, -0.25) is 9.11 Å². The van der Waals surface area contributed by atoms with Crippen molar-refractivity contribution >= 4 is 32.2 Å². The first-order chi connectivity index (χ1) is 6.83. The summed E-state index contributed by atoms with van der Waals surface area (Å²) in [6, 6.07) is 0. The first-order valence-electron chi connectivity index (χ1n) is 3.13. The first-order valence-corrected chi connectivity index (χ1v) is 6.35. The van der Waals surface area contributed by atoms with Crippen LogP contribution in [0.2, 0.25) is 0 Å². The van der Waals surface area contributed by atoms with E-state index in [1.54, 1.807) is 0 Å². The molecular formula is C4H6CuO10S2. The van der Waals surface area contributed by atoms with Gasteiger partial charge in [0.05, 0.1) is 11.9 Å². The van der Waals surface area contributed by atoms with Crippen molar-refractivity contribution in [1.82, 2.24) is 0 Å². The molecule has 105 valence electrons. The van der Waals surface area contributed by atoms with E-state index in [0.29, 0.717) is 0 Å². The summed E-state index contributed by atoms with van der Waals surface area (Å²) in [6.07, 6.45) is 0. The second-order valence-electron chi connectivity index (χ2n) is 2.20. The maximum absolute atomic E-state index is 9.58. The molecule has 0 saturated heterocycles. The van der Waals surface area contributed by atoms with Crippen LogP contribution in [0, 0.1) is 0 Å². The SMILES string of the molecule is O=C([O-])CS(=O)(=O)O.O=C([O-])CS(=O)(=O)O.[Cu+2]. The summed E-state index contributed by atoms with van der Waals surface area (Å²) in [5.41, 5.74) is 0. The molecule has 10 nitrogen and oxygen atoms in total. The van der Waals surface area contributed by atoms with Crippen LogP contribution in [0.25, 0.3) is 0 Å². The van der Waals surface area contributed by atoms with Crippen LogP contribution in [0.3, 0.4) is 0 Å². The van der Waals surface area contributed by atoms with Gasteiger partial charge in [0.2, 0.25) is 0 Å². The van der Waals surface area contributed by atoms with E-state index in [1.807, 2.05) is 0 Å². The Balaban J connectivity index is -0.000000218. The van der Waals surface area contributed by atoms with Gasteiger partial charge in [-0.2, -0.15) is 16.8 Å². The van der Waals surface area contributed by atoms with Crippen LogP contribution in [-0.2, 0) is 46.9 Å². The minimum Gasteiger partial charge on any atom is -0.549 e. The molecule has 0 unspecified atom stereocenters. The summed E-state index contributed by atoms with van der Waals surface area (Å²) in [5.74, 6) is -6.31. The number of carboxylic acids is 2. The molecule has 0 aromatic carbocycles. The topological polar surface area (TPSA) is 189 Å². The third-order valence-electron chi connectivity index (χ3n) is 0.601. The number of aliphatic carboxylic acids is 2. The molecule has 0 heterocycles. The molecule has 0 aliphatic carbocycles. The molecule has 0 aromatic heterocycles. The molecule has 0 aliphatic rings. The fourth-order valence-corrected chi connectivity index (χ4v) is 0.894. The van der Waals surface area contributed by atoms with Crippen molar-refractivity contribution in [3.63, 3.8) is 0 Å². The summed E-state index contributed by atoms with van der Waals surface area (Å²) >= 11 is 0. The zero-order chi connectivity index (χ0) is 13.6. The molecule has 0 rings (SSSR count). The van der Waals surface area contributed by atoms with Gasteiger partial charge in [0.25, 0.3) is 20.2 Å². The van der Waals surface area contributed by atoms with Crippen LogP contribution >= 0.6 is 0 Å². The summed E-state index contributed by atoms with van der Waals surface area (Å²) < 4.78 is 53.8. The van der Waals surface area contributed by atoms with Gasteiger partial charge in [-0.25, -0.2) is 0 Å². The van der Waals surface area contributed by atoms with Gasteiger partial charge in [-0.05, 0) is 0 Å². The Morgan fingerprint density at radius 3 is 1.00 bits per heavy atom. The molecule has 2 N–H and O–H groups in total. The average Bonchev–Trinajstić information content (AvgIpc) is 1.72. The molecule has 0 saturated carbocycles. The first kappa shape index (κ1) is 21.6. The van der Waals surface area contributed by atoms with E-state index in [4.69, 9.17) is 9.11 Å². The zero-order valence-electron chi connectivity index (χ0n) is 7.69. The fourth-order valence-electron chi connectivity index (χ4n) is 0.298. The van der Waals surface area contributed by atoms with Crippen molar-refractivity contribution in [1.29, 1.82) is 0 Å². The van der Waals surface area contributed by atoms with Gasteiger partial charge in [-0.15, -0.1) is 0 Å². The van der Waals surface area contributed by atoms with Crippen LogP contribution < -0.4 is 10.2 Å². The van der Waals surface area contributed by atoms with Crippen LogP contribution in [0.1, 0.15) is 0 Å². The number of hydrogen-bond donors (Lipinski definition) is 2. The predicted octanol–water partition coefficient (Wildman–Crippen LogP) is -4.75. The molecular weight excluding hydrogens is 336 g/mol. The van der Waals surface area contributed by atoms with Crippen molar-refractivity contribution < 1.29 is 62.8 Å².